The summed E-state index contributed by atoms with van der Waals surface area (Å²) in [6.07, 6.45) is 1.67. The molecule has 0 bridgehead atoms. The van der Waals surface area contributed by atoms with Gasteiger partial charge in [0.05, 0.1) is 18.0 Å². The second kappa shape index (κ2) is 8.41. The summed E-state index contributed by atoms with van der Waals surface area (Å²) >= 11 is 1.22. The van der Waals surface area contributed by atoms with Gasteiger partial charge < -0.3 is 4.74 Å². The van der Waals surface area contributed by atoms with E-state index in [0.29, 0.717) is 39.2 Å². The first-order valence-corrected chi connectivity index (χ1v) is 9.12. The number of rotatable bonds is 5. The van der Waals surface area contributed by atoms with Gasteiger partial charge in [-0.05, 0) is 50.2 Å². The molecule has 2 heterocycles. The molecule has 8 heteroatoms. The minimum Gasteiger partial charge on any atom is -0.494 e. The van der Waals surface area contributed by atoms with Crippen LogP contribution in [0.1, 0.15) is 32.6 Å². The molecule has 0 unspecified atom stereocenters. The van der Waals surface area contributed by atoms with Crippen molar-refractivity contribution in [1.82, 2.24) is 20.8 Å². The van der Waals surface area contributed by atoms with Crippen LogP contribution in [0.5, 0.6) is 5.75 Å². The molecule has 3 aromatic rings. The average molecular weight is 382 g/mol. The van der Waals surface area contributed by atoms with Crippen molar-refractivity contribution >= 4 is 23.2 Å². The van der Waals surface area contributed by atoms with Crippen LogP contribution in [0.15, 0.2) is 48.7 Å². The number of carbonyl (C=O) groups excluding carboxylic acids is 2. The molecular formula is C19H18N4O3S. The predicted molar refractivity (Wildman–Crippen MR) is 103 cm³/mol. The number of nitrogens with one attached hydrogen (secondary N) is 2. The SMILES string of the molecule is CCOc1ccc(C(=O)NNC(=O)c2sc(-c3ccccn3)nc2C)cc1. The zero-order chi connectivity index (χ0) is 19.2. The Kier molecular flexibility index (Phi) is 5.77. The molecule has 27 heavy (non-hydrogen) atoms. The van der Waals surface area contributed by atoms with Crippen LogP contribution < -0.4 is 15.6 Å². The second-order valence-electron chi connectivity index (χ2n) is 5.51. The fourth-order valence-corrected chi connectivity index (χ4v) is 3.26. The van der Waals surface area contributed by atoms with Crippen LogP contribution in [0.3, 0.4) is 0 Å². The van der Waals surface area contributed by atoms with Crippen LogP contribution in [0.2, 0.25) is 0 Å². The van der Waals surface area contributed by atoms with Crippen molar-refractivity contribution in [3.63, 3.8) is 0 Å². The molecule has 0 aliphatic heterocycles. The zero-order valence-electron chi connectivity index (χ0n) is 14.9. The Hall–Kier alpha value is -3.26. The Morgan fingerprint density at radius 2 is 1.81 bits per heavy atom. The van der Waals surface area contributed by atoms with Crippen molar-refractivity contribution in [2.24, 2.45) is 0 Å². The Bertz CT molecular complexity index is 939. The summed E-state index contributed by atoms with van der Waals surface area (Å²) < 4.78 is 5.34. The number of aromatic nitrogens is 2. The quantitative estimate of drug-likeness (QED) is 0.662. The number of ether oxygens (including phenoxy) is 1. The first kappa shape index (κ1) is 18.5. The third kappa shape index (κ3) is 4.48. The van der Waals surface area contributed by atoms with E-state index in [4.69, 9.17) is 4.74 Å². The van der Waals surface area contributed by atoms with Gasteiger partial charge in [0.15, 0.2) is 0 Å². The summed E-state index contributed by atoms with van der Waals surface area (Å²) in [7, 11) is 0. The monoisotopic (exact) mass is 382 g/mol. The van der Waals surface area contributed by atoms with Crippen LogP contribution in [0.25, 0.3) is 10.7 Å². The van der Waals surface area contributed by atoms with Gasteiger partial charge in [0.25, 0.3) is 11.8 Å². The minimum atomic E-state index is -0.425. The summed E-state index contributed by atoms with van der Waals surface area (Å²) in [5.41, 5.74) is 6.52. The highest BCUT2D eigenvalue weighted by molar-refractivity contribution is 7.17. The lowest BCUT2D eigenvalue weighted by molar-refractivity contribution is 0.0848. The number of hydrogen-bond donors (Lipinski definition) is 2. The number of carbonyl (C=O) groups is 2. The van der Waals surface area contributed by atoms with Gasteiger partial charge in [-0.15, -0.1) is 11.3 Å². The normalized spacial score (nSPS) is 10.3. The summed E-state index contributed by atoms with van der Waals surface area (Å²) in [5.74, 6) is -0.162. The van der Waals surface area contributed by atoms with E-state index in [-0.39, 0.29) is 0 Å². The molecule has 0 aliphatic carbocycles. The van der Waals surface area contributed by atoms with Gasteiger partial charge in [-0.3, -0.25) is 25.4 Å². The van der Waals surface area contributed by atoms with Crippen LogP contribution >= 0.6 is 11.3 Å². The van der Waals surface area contributed by atoms with E-state index in [2.05, 4.69) is 20.8 Å². The second-order valence-corrected chi connectivity index (χ2v) is 6.51. The highest BCUT2D eigenvalue weighted by Gasteiger charge is 2.17. The maximum absolute atomic E-state index is 12.4. The van der Waals surface area contributed by atoms with E-state index in [9.17, 15) is 9.59 Å². The highest BCUT2D eigenvalue weighted by Crippen LogP contribution is 2.26. The van der Waals surface area contributed by atoms with Gasteiger partial charge in [-0.2, -0.15) is 0 Å². The Morgan fingerprint density at radius 3 is 2.48 bits per heavy atom. The van der Waals surface area contributed by atoms with Gasteiger partial charge in [0.2, 0.25) is 0 Å². The lowest BCUT2D eigenvalue weighted by atomic mass is 10.2. The summed E-state index contributed by atoms with van der Waals surface area (Å²) in [4.78, 5) is 33.6. The number of hydrogen-bond acceptors (Lipinski definition) is 6. The number of amides is 2. The van der Waals surface area contributed by atoms with Crippen molar-refractivity contribution in [1.29, 1.82) is 0 Å². The van der Waals surface area contributed by atoms with E-state index >= 15 is 0 Å². The smallest absolute Gasteiger partial charge is 0.281 e. The highest BCUT2D eigenvalue weighted by atomic mass is 32.1. The van der Waals surface area contributed by atoms with Crippen molar-refractivity contribution in [2.45, 2.75) is 13.8 Å². The zero-order valence-corrected chi connectivity index (χ0v) is 15.7. The van der Waals surface area contributed by atoms with Crippen LogP contribution in [-0.2, 0) is 0 Å². The third-order valence-corrected chi connectivity index (χ3v) is 4.78. The largest absolute Gasteiger partial charge is 0.494 e. The van der Waals surface area contributed by atoms with E-state index in [1.54, 1.807) is 37.4 Å². The van der Waals surface area contributed by atoms with E-state index in [0.717, 1.165) is 0 Å². The van der Waals surface area contributed by atoms with Gasteiger partial charge >= 0.3 is 0 Å². The number of benzene rings is 1. The molecule has 0 saturated carbocycles. The lowest BCUT2D eigenvalue weighted by Crippen LogP contribution is -2.41. The fourth-order valence-electron chi connectivity index (χ4n) is 2.32. The van der Waals surface area contributed by atoms with Crippen molar-refractivity contribution in [2.75, 3.05) is 6.61 Å². The van der Waals surface area contributed by atoms with Crippen LogP contribution in [0.4, 0.5) is 0 Å². The topological polar surface area (TPSA) is 93.2 Å². The van der Waals surface area contributed by atoms with Crippen molar-refractivity contribution < 1.29 is 14.3 Å². The molecule has 7 nitrogen and oxygen atoms in total. The molecule has 1 aromatic carbocycles. The third-order valence-electron chi connectivity index (χ3n) is 3.60. The summed E-state index contributed by atoms with van der Waals surface area (Å²) in [6.45, 7) is 4.18. The molecule has 0 fully saturated rings. The van der Waals surface area contributed by atoms with Gasteiger partial charge in [-0.25, -0.2) is 4.98 Å². The number of hydrazine groups is 1. The molecular weight excluding hydrogens is 364 g/mol. The lowest BCUT2D eigenvalue weighted by Gasteiger charge is -2.07. The fraction of sp³-hybridized carbons (Fsp3) is 0.158. The summed E-state index contributed by atoms with van der Waals surface area (Å²) in [6, 6.07) is 12.2. The maximum atomic E-state index is 12.4. The molecule has 0 radical (unpaired) electrons. The maximum Gasteiger partial charge on any atom is 0.281 e. The standard InChI is InChI=1S/C19H18N4O3S/c1-3-26-14-9-7-13(8-10-14)17(24)22-23-18(25)16-12(2)21-19(27-16)15-6-4-5-11-20-15/h4-11H,3H2,1-2H3,(H,22,24)(H,23,25). The predicted octanol–water partition coefficient (Wildman–Crippen LogP) is 2.99. The van der Waals surface area contributed by atoms with Crippen molar-refractivity contribution in [3.05, 3.63) is 64.8 Å². The molecule has 3 rings (SSSR count). The van der Waals surface area contributed by atoms with E-state index < -0.39 is 11.8 Å². The van der Waals surface area contributed by atoms with Crippen molar-refractivity contribution in [3.8, 4) is 16.5 Å². The molecule has 0 saturated heterocycles. The molecule has 0 aliphatic rings. The van der Waals surface area contributed by atoms with Gasteiger partial charge in [0.1, 0.15) is 15.6 Å². The number of nitrogens with zero attached hydrogens (tertiary/aromatic N) is 2. The molecule has 2 aromatic heterocycles. The minimum absolute atomic E-state index is 0.411. The Morgan fingerprint density at radius 1 is 1.07 bits per heavy atom. The van der Waals surface area contributed by atoms with E-state index in [1.165, 1.54) is 11.3 Å². The molecule has 0 atom stereocenters. The number of aryl methyl sites for hydroxylation is 1. The first-order valence-electron chi connectivity index (χ1n) is 8.31. The molecule has 0 spiro atoms. The molecule has 138 valence electrons. The Balaban J connectivity index is 1.64. The van der Waals surface area contributed by atoms with E-state index in [1.807, 2.05) is 25.1 Å². The van der Waals surface area contributed by atoms with Crippen LogP contribution in [0, 0.1) is 6.92 Å². The van der Waals surface area contributed by atoms with Crippen LogP contribution in [-0.4, -0.2) is 28.4 Å². The first-order chi connectivity index (χ1) is 13.1. The van der Waals surface area contributed by atoms with Gasteiger partial charge in [0, 0.05) is 11.8 Å². The molecule has 2 N–H and O–H groups in total. The summed E-state index contributed by atoms with van der Waals surface area (Å²) in [5, 5.41) is 0.649. The number of pyridine rings is 1. The Labute approximate surface area is 160 Å². The molecule has 2 amide bonds. The average Bonchev–Trinajstić information content (AvgIpc) is 3.09. The van der Waals surface area contributed by atoms with Gasteiger partial charge in [-0.1, -0.05) is 6.07 Å². The number of thiazole rings is 1.